The molecule has 0 radical (unpaired) electrons. The molecule has 2 N–H and O–H groups in total. The van der Waals surface area contributed by atoms with Gasteiger partial charge in [-0.1, -0.05) is 79.7 Å². The Bertz CT molecular complexity index is 827. The smallest absolute Gasteiger partial charge is 0.191 e. The standard InChI is InChI=1S/C22H27N5O/c1-16(2)20(21-23-25-26-24-21)27-15-9-14-19(27)22(28,17-10-5-3-6-11-17)18-12-7-4-8-13-18/h3-8,10-13,16,19-20,28H,9,14-15H2,1-2H3,(H,23,24,25,26)/t19-,20-/m0/s1. The number of benzene rings is 2. The fraction of sp³-hybridized carbons (Fsp3) is 0.409. The van der Waals surface area contributed by atoms with Gasteiger partial charge in [-0.05, 0) is 36.4 Å². The lowest BCUT2D eigenvalue weighted by atomic mass is 9.78. The third-order valence-electron chi connectivity index (χ3n) is 5.82. The maximum atomic E-state index is 12.2. The van der Waals surface area contributed by atoms with Gasteiger partial charge < -0.3 is 5.11 Å². The molecule has 2 atom stereocenters. The van der Waals surface area contributed by atoms with Gasteiger partial charge in [-0.3, -0.25) is 4.90 Å². The molecule has 0 spiro atoms. The number of rotatable bonds is 6. The molecule has 1 aliphatic rings. The highest BCUT2D eigenvalue weighted by atomic mass is 16.3. The highest BCUT2D eigenvalue weighted by molar-refractivity contribution is 5.38. The molecular weight excluding hydrogens is 350 g/mol. The predicted molar refractivity (Wildman–Crippen MR) is 107 cm³/mol. The van der Waals surface area contributed by atoms with Gasteiger partial charge in [0.05, 0.1) is 6.04 Å². The molecule has 4 rings (SSSR count). The van der Waals surface area contributed by atoms with Crippen LogP contribution in [0.15, 0.2) is 60.7 Å². The van der Waals surface area contributed by atoms with Crippen LogP contribution in [0.5, 0.6) is 0 Å². The van der Waals surface area contributed by atoms with Crippen LogP contribution in [0.25, 0.3) is 0 Å². The predicted octanol–water partition coefficient (Wildman–Crippen LogP) is 3.30. The number of hydrogen-bond acceptors (Lipinski definition) is 5. The van der Waals surface area contributed by atoms with E-state index in [1.165, 1.54) is 0 Å². The molecule has 0 aliphatic carbocycles. The van der Waals surface area contributed by atoms with Crippen molar-refractivity contribution in [2.45, 2.75) is 44.4 Å². The molecule has 0 bridgehead atoms. The van der Waals surface area contributed by atoms with E-state index >= 15 is 0 Å². The number of aromatic nitrogens is 4. The lowest BCUT2D eigenvalue weighted by Gasteiger charge is -2.43. The maximum Gasteiger partial charge on any atom is 0.191 e. The number of aromatic amines is 1. The molecule has 3 aromatic rings. The lowest BCUT2D eigenvalue weighted by molar-refractivity contribution is -0.0280. The second kappa shape index (κ2) is 7.81. The Hall–Kier alpha value is -2.57. The van der Waals surface area contributed by atoms with Crippen LogP contribution in [-0.2, 0) is 5.60 Å². The quantitative estimate of drug-likeness (QED) is 0.689. The first kappa shape index (κ1) is 18.8. The molecular formula is C22H27N5O. The van der Waals surface area contributed by atoms with Gasteiger partial charge in [0.2, 0.25) is 0 Å². The van der Waals surface area contributed by atoms with Gasteiger partial charge in [0.1, 0.15) is 5.60 Å². The first-order valence-electron chi connectivity index (χ1n) is 9.95. The van der Waals surface area contributed by atoms with Gasteiger partial charge in [0, 0.05) is 6.04 Å². The van der Waals surface area contributed by atoms with Crippen LogP contribution in [0.2, 0.25) is 0 Å². The first-order chi connectivity index (χ1) is 13.6. The second-order valence-electron chi connectivity index (χ2n) is 7.85. The normalized spacial score (nSPS) is 19.2. The number of likely N-dealkylation sites (tertiary alicyclic amines) is 1. The number of aliphatic hydroxyl groups is 1. The highest BCUT2D eigenvalue weighted by Crippen LogP contribution is 2.44. The Morgan fingerprint density at radius 2 is 1.64 bits per heavy atom. The molecule has 6 heteroatoms. The summed E-state index contributed by atoms with van der Waals surface area (Å²) < 4.78 is 0. The highest BCUT2D eigenvalue weighted by Gasteiger charge is 2.48. The van der Waals surface area contributed by atoms with Crippen LogP contribution in [0, 0.1) is 5.92 Å². The van der Waals surface area contributed by atoms with Gasteiger partial charge >= 0.3 is 0 Å². The Labute approximate surface area is 165 Å². The molecule has 0 saturated carbocycles. The van der Waals surface area contributed by atoms with E-state index in [1.54, 1.807) is 0 Å². The molecule has 1 aliphatic heterocycles. The molecule has 2 heterocycles. The van der Waals surface area contributed by atoms with Crippen LogP contribution in [0.1, 0.15) is 49.7 Å². The minimum Gasteiger partial charge on any atom is -0.379 e. The van der Waals surface area contributed by atoms with E-state index in [0.29, 0.717) is 5.82 Å². The Balaban J connectivity index is 1.82. The molecule has 1 saturated heterocycles. The number of tetrazole rings is 1. The SMILES string of the molecule is CC(C)[C@@H](c1nn[nH]n1)N1CCC[C@H]1C(O)(c1ccccc1)c1ccccc1. The minimum absolute atomic E-state index is 0.00907. The van der Waals surface area contributed by atoms with E-state index in [9.17, 15) is 5.11 Å². The summed E-state index contributed by atoms with van der Waals surface area (Å²) in [5.41, 5.74) is 0.707. The molecule has 6 nitrogen and oxygen atoms in total. The average molecular weight is 377 g/mol. The van der Waals surface area contributed by atoms with Crippen LogP contribution >= 0.6 is 0 Å². The summed E-state index contributed by atoms with van der Waals surface area (Å²) in [5, 5.41) is 27.2. The summed E-state index contributed by atoms with van der Waals surface area (Å²) in [4.78, 5) is 2.37. The van der Waals surface area contributed by atoms with E-state index < -0.39 is 5.60 Å². The zero-order valence-corrected chi connectivity index (χ0v) is 16.4. The van der Waals surface area contributed by atoms with Crippen molar-refractivity contribution in [2.75, 3.05) is 6.54 Å². The van der Waals surface area contributed by atoms with Crippen LogP contribution < -0.4 is 0 Å². The molecule has 0 amide bonds. The van der Waals surface area contributed by atoms with E-state index in [2.05, 4.69) is 39.4 Å². The van der Waals surface area contributed by atoms with Crippen molar-refractivity contribution < 1.29 is 5.11 Å². The summed E-state index contributed by atoms with van der Waals surface area (Å²) >= 11 is 0. The summed E-state index contributed by atoms with van der Waals surface area (Å²) in [6, 6.07) is 19.9. The van der Waals surface area contributed by atoms with Crippen molar-refractivity contribution in [1.29, 1.82) is 0 Å². The van der Waals surface area contributed by atoms with Gasteiger partial charge in [-0.15, -0.1) is 10.2 Å². The Morgan fingerprint density at radius 3 is 2.14 bits per heavy atom. The molecule has 1 fully saturated rings. The van der Waals surface area contributed by atoms with Crippen molar-refractivity contribution >= 4 is 0 Å². The molecule has 146 valence electrons. The number of hydrogen-bond donors (Lipinski definition) is 2. The van der Waals surface area contributed by atoms with Gasteiger partial charge in [-0.2, -0.15) is 5.21 Å². The number of nitrogens with one attached hydrogen (secondary N) is 1. The lowest BCUT2D eigenvalue weighted by Crippen LogP contribution is -2.50. The minimum atomic E-state index is -1.12. The summed E-state index contributed by atoms with van der Waals surface area (Å²) in [6.45, 7) is 5.23. The van der Waals surface area contributed by atoms with E-state index in [1.807, 2.05) is 60.7 Å². The largest absolute Gasteiger partial charge is 0.379 e. The topological polar surface area (TPSA) is 77.9 Å². The molecule has 2 aromatic carbocycles. The van der Waals surface area contributed by atoms with Crippen LogP contribution in [0.3, 0.4) is 0 Å². The fourth-order valence-corrected chi connectivity index (χ4v) is 4.63. The number of H-pyrrole nitrogens is 1. The summed E-state index contributed by atoms with van der Waals surface area (Å²) in [7, 11) is 0. The van der Waals surface area contributed by atoms with Crippen molar-refractivity contribution in [1.82, 2.24) is 25.5 Å². The number of nitrogens with zero attached hydrogens (tertiary/aromatic N) is 4. The third kappa shape index (κ3) is 3.23. The fourth-order valence-electron chi connectivity index (χ4n) is 4.63. The van der Waals surface area contributed by atoms with Crippen molar-refractivity contribution in [3.05, 3.63) is 77.6 Å². The second-order valence-corrected chi connectivity index (χ2v) is 7.85. The van der Waals surface area contributed by atoms with Crippen molar-refractivity contribution in [2.24, 2.45) is 5.92 Å². The average Bonchev–Trinajstić information content (AvgIpc) is 3.42. The molecule has 0 unspecified atom stereocenters. The van der Waals surface area contributed by atoms with Crippen molar-refractivity contribution in [3.8, 4) is 0 Å². The zero-order valence-electron chi connectivity index (χ0n) is 16.4. The third-order valence-corrected chi connectivity index (χ3v) is 5.82. The molecule has 28 heavy (non-hydrogen) atoms. The van der Waals surface area contributed by atoms with E-state index in [-0.39, 0.29) is 18.0 Å². The van der Waals surface area contributed by atoms with Gasteiger partial charge in [-0.25, -0.2) is 0 Å². The van der Waals surface area contributed by atoms with Crippen molar-refractivity contribution in [3.63, 3.8) is 0 Å². The van der Waals surface area contributed by atoms with Crippen LogP contribution in [-0.4, -0.2) is 43.2 Å². The summed E-state index contributed by atoms with van der Waals surface area (Å²) in [5.74, 6) is 0.972. The monoisotopic (exact) mass is 377 g/mol. The molecule has 1 aromatic heterocycles. The van der Waals surface area contributed by atoms with Gasteiger partial charge in [0.15, 0.2) is 5.82 Å². The Morgan fingerprint density at radius 1 is 1.04 bits per heavy atom. The van der Waals surface area contributed by atoms with Crippen LogP contribution in [0.4, 0.5) is 0 Å². The first-order valence-corrected chi connectivity index (χ1v) is 9.95. The van der Waals surface area contributed by atoms with E-state index in [4.69, 9.17) is 0 Å². The van der Waals surface area contributed by atoms with Gasteiger partial charge in [0.25, 0.3) is 0 Å². The summed E-state index contributed by atoms with van der Waals surface area (Å²) in [6.07, 6.45) is 1.93. The Kier molecular flexibility index (Phi) is 5.24. The zero-order chi connectivity index (χ0) is 19.6. The van der Waals surface area contributed by atoms with E-state index in [0.717, 1.165) is 30.5 Å². The maximum absolute atomic E-state index is 12.2.